The third-order valence-corrected chi connectivity index (χ3v) is 3.88. The molecule has 0 saturated carbocycles. The van der Waals surface area contributed by atoms with Gasteiger partial charge in [0, 0.05) is 6.42 Å². The summed E-state index contributed by atoms with van der Waals surface area (Å²) in [6.07, 6.45) is 2.81. The number of amides is 1. The highest BCUT2D eigenvalue weighted by atomic mass is 16.6. The number of nitro groups is 1. The van der Waals surface area contributed by atoms with E-state index >= 15 is 0 Å². The fourth-order valence-corrected chi connectivity index (χ4v) is 2.61. The van der Waals surface area contributed by atoms with E-state index in [0.29, 0.717) is 6.54 Å². The Morgan fingerprint density at radius 1 is 1.32 bits per heavy atom. The molecule has 0 aliphatic rings. The van der Waals surface area contributed by atoms with Crippen LogP contribution in [-0.4, -0.2) is 42.5 Å². The van der Waals surface area contributed by atoms with Crippen LogP contribution in [0.2, 0.25) is 0 Å². The number of aromatic nitrogens is 5. The lowest BCUT2D eigenvalue weighted by Crippen LogP contribution is -2.16. The molecule has 11 heteroatoms. The van der Waals surface area contributed by atoms with Crippen LogP contribution >= 0.6 is 0 Å². The second-order valence-corrected chi connectivity index (χ2v) is 6.10. The number of hydrogen-bond donors (Lipinski definition) is 1. The molecule has 0 atom stereocenters. The zero-order valence-electron chi connectivity index (χ0n) is 15.4. The molecule has 0 radical (unpaired) electrons. The van der Waals surface area contributed by atoms with E-state index in [-0.39, 0.29) is 36.4 Å². The monoisotopic (exact) mass is 385 g/mol. The van der Waals surface area contributed by atoms with Gasteiger partial charge in [0.2, 0.25) is 11.9 Å². The normalized spacial score (nSPS) is 10.6. The van der Waals surface area contributed by atoms with Crippen LogP contribution in [0.25, 0.3) is 0 Å². The number of nitrogens with zero attached hydrogens (tertiary/aromatic N) is 6. The fourth-order valence-electron chi connectivity index (χ4n) is 2.61. The summed E-state index contributed by atoms with van der Waals surface area (Å²) in [5.74, 6) is -0.228. The molecule has 1 N–H and O–H groups in total. The van der Waals surface area contributed by atoms with Crippen molar-refractivity contribution in [2.45, 2.75) is 26.4 Å². The van der Waals surface area contributed by atoms with Gasteiger partial charge >= 0.3 is 11.6 Å². The highest BCUT2D eigenvalue weighted by molar-refractivity contribution is 5.88. The third-order valence-electron chi connectivity index (χ3n) is 3.88. The zero-order chi connectivity index (χ0) is 20.1. The largest absolute Gasteiger partial charge is 0.475 e. The van der Waals surface area contributed by atoms with Crippen LogP contribution in [0.3, 0.4) is 0 Å². The average molecular weight is 385 g/mol. The van der Waals surface area contributed by atoms with Gasteiger partial charge < -0.3 is 4.74 Å². The fraction of sp³-hybridized carbons (Fsp3) is 0.294. The Morgan fingerprint density at radius 2 is 2.14 bits per heavy atom. The summed E-state index contributed by atoms with van der Waals surface area (Å²) in [6.45, 7) is 2.71. The minimum Gasteiger partial charge on any atom is -0.475 e. The molecule has 1 aromatic carbocycles. The average Bonchev–Trinajstić information content (AvgIpc) is 3.26. The Morgan fingerprint density at radius 3 is 2.82 bits per heavy atom. The first-order valence-corrected chi connectivity index (χ1v) is 8.45. The number of ether oxygens (including phenoxy) is 1. The molecule has 0 unspecified atom stereocenters. The van der Waals surface area contributed by atoms with E-state index < -0.39 is 4.92 Å². The molecule has 0 fully saturated rings. The summed E-state index contributed by atoms with van der Waals surface area (Å²) in [7, 11) is 1.30. The molecule has 3 rings (SSSR count). The van der Waals surface area contributed by atoms with Gasteiger partial charge in [-0.3, -0.25) is 24.9 Å². The molecule has 0 bridgehead atoms. The van der Waals surface area contributed by atoms with E-state index in [1.165, 1.54) is 18.0 Å². The summed E-state index contributed by atoms with van der Waals surface area (Å²) in [5.41, 5.74) is 1.98. The van der Waals surface area contributed by atoms with Crippen molar-refractivity contribution in [1.29, 1.82) is 0 Å². The Hall–Kier alpha value is -3.76. The maximum Gasteiger partial charge on any atom is 0.350 e. The number of carbonyl (C=O) groups excluding carboxylic acids is 1. The first-order chi connectivity index (χ1) is 13.4. The summed E-state index contributed by atoms with van der Waals surface area (Å²) < 4.78 is 7.77. The molecular weight excluding hydrogens is 366 g/mol. The lowest BCUT2D eigenvalue weighted by atomic mass is 10.1. The van der Waals surface area contributed by atoms with E-state index in [4.69, 9.17) is 4.74 Å². The minimum atomic E-state index is -0.590. The lowest BCUT2D eigenvalue weighted by Gasteiger charge is -2.03. The van der Waals surface area contributed by atoms with Crippen LogP contribution in [0.4, 0.5) is 11.6 Å². The van der Waals surface area contributed by atoms with Crippen LogP contribution in [0, 0.1) is 17.0 Å². The molecular formula is C17H19N7O4. The Labute approximate surface area is 160 Å². The number of nitrogens with one attached hydrogen (secondary N) is 1. The lowest BCUT2D eigenvalue weighted by molar-refractivity contribution is -0.385. The van der Waals surface area contributed by atoms with Crippen LogP contribution in [-0.2, 0) is 17.9 Å². The first kappa shape index (κ1) is 19.0. The Bertz CT molecular complexity index is 995. The third kappa shape index (κ3) is 4.69. The van der Waals surface area contributed by atoms with Gasteiger partial charge in [-0.05, 0) is 12.5 Å². The molecule has 0 aliphatic carbocycles. The molecule has 11 nitrogen and oxygen atoms in total. The molecule has 0 spiro atoms. The zero-order valence-corrected chi connectivity index (χ0v) is 15.4. The number of anilines is 1. The van der Waals surface area contributed by atoms with Crippen molar-refractivity contribution in [1.82, 2.24) is 24.5 Å². The predicted molar refractivity (Wildman–Crippen MR) is 99.0 cm³/mol. The van der Waals surface area contributed by atoms with Crippen molar-refractivity contribution >= 4 is 17.5 Å². The number of hydrogen-bond acceptors (Lipinski definition) is 7. The van der Waals surface area contributed by atoms with Crippen LogP contribution in [0.15, 0.2) is 36.8 Å². The number of methoxy groups -OCH3 is 1. The van der Waals surface area contributed by atoms with Crippen LogP contribution in [0.5, 0.6) is 5.88 Å². The Balaban J connectivity index is 1.54. The SMILES string of the molecule is COc1nn(CCC(=O)Nc2ncn(Cc3cccc(C)c3)n2)cc1[N+](=O)[O-]. The highest BCUT2D eigenvalue weighted by Crippen LogP contribution is 2.23. The van der Waals surface area contributed by atoms with E-state index in [2.05, 4.69) is 26.6 Å². The molecule has 146 valence electrons. The first-order valence-electron chi connectivity index (χ1n) is 8.45. The van der Waals surface area contributed by atoms with E-state index in [1.54, 1.807) is 11.0 Å². The van der Waals surface area contributed by atoms with Gasteiger partial charge in [-0.25, -0.2) is 9.67 Å². The quantitative estimate of drug-likeness (QED) is 0.462. The smallest absolute Gasteiger partial charge is 0.350 e. The van der Waals surface area contributed by atoms with Gasteiger partial charge in [0.25, 0.3) is 0 Å². The molecule has 2 heterocycles. The van der Waals surface area contributed by atoms with Crippen molar-refractivity contribution in [3.8, 4) is 5.88 Å². The van der Waals surface area contributed by atoms with Gasteiger partial charge in [-0.1, -0.05) is 29.8 Å². The number of aryl methyl sites for hydroxylation is 2. The Kier molecular flexibility index (Phi) is 5.63. The van der Waals surface area contributed by atoms with Gasteiger partial charge in [0.15, 0.2) is 0 Å². The minimum absolute atomic E-state index is 0.0500. The van der Waals surface area contributed by atoms with Crippen molar-refractivity contribution < 1.29 is 14.5 Å². The van der Waals surface area contributed by atoms with E-state index in [1.807, 2.05) is 25.1 Å². The van der Waals surface area contributed by atoms with Crippen molar-refractivity contribution in [3.05, 3.63) is 58.0 Å². The summed E-state index contributed by atoms with van der Waals surface area (Å²) in [6, 6.07) is 8.03. The second-order valence-electron chi connectivity index (χ2n) is 6.10. The van der Waals surface area contributed by atoms with Crippen LogP contribution in [0.1, 0.15) is 17.5 Å². The molecule has 1 amide bonds. The molecule has 28 heavy (non-hydrogen) atoms. The molecule has 2 aromatic heterocycles. The van der Waals surface area contributed by atoms with Gasteiger partial charge in [-0.2, -0.15) is 0 Å². The van der Waals surface area contributed by atoms with Crippen LogP contribution < -0.4 is 10.1 Å². The maximum atomic E-state index is 12.1. The van der Waals surface area contributed by atoms with E-state index in [0.717, 1.165) is 11.1 Å². The van der Waals surface area contributed by atoms with Gasteiger partial charge in [0.05, 0.1) is 25.1 Å². The van der Waals surface area contributed by atoms with Crippen molar-refractivity contribution in [3.63, 3.8) is 0 Å². The number of benzene rings is 1. The summed E-state index contributed by atoms with van der Waals surface area (Å²) in [4.78, 5) is 26.5. The predicted octanol–water partition coefficient (Wildman–Crippen LogP) is 1.78. The van der Waals surface area contributed by atoms with E-state index in [9.17, 15) is 14.9 Å². The number of rotatable bonds is 8. The highest BCUT2D eigenvalue weighted by Gasteiger charge is 2.20. The molecule has 0 saturated heterocycles. The van der Waals surface area contributed by atoms with Gasteiger partial charge in [0.1, 0.15) is 12.5 Å². The summed E-state index contributed by atoms with van der Waals surface area (Å²) in [5, 5.41) is 21.7. The van der Waals surface area contributed by atoms with Crippen molar-refractivity contribution in [2.75, 3.05) is 12.4 Å². The maximum absolute atomic E-state index is 12.1. The van der Waals surface area contributed by atoms with Gasteiger partial charge in [-0.15, -0.1) is 10.2 Å². The molecule has 0 aliphatic heterocycles. The van der Waals surface area contributed by atoms with Crippen molar-refractivity contribution in [2.24, 2.45) is 0 Å². The molecule has 3 aromatic rings. The standard InChI is InChI=1S/C17H19N7O4/c1-12-4-3-5-13(8-12)9-23-11-18-17(21-23)19-15(25)6-7-22-10-14(24(26)27)16(20-22)28-2/h3-5,8,10-11H,6-7,9H2,1-2H3,(H,19,21,25). The number of carbonyl (C=O) groups is 1. The second kappa shape index (κ2) is 8.29. The summed E-state index contributed by atoms with van der Waals surface area (Å²) >= 11 is 0. The topological polar surface area (TPSA) is 130 Å².